The molecule has 0 aromatic rings. The molecule has 0 aliphatic rings. The van der Waals surface area contributed by atoms with Crippen LogP contribution in [0.5, 0.6) is 0 Å². The van der Waals surface area contributed by atoms with Crippen LogP contribution in [0.4, 0.5) is 0 Å². The average Bonchev–Trinajstić information content (AvgIpc) is 2.21. The molecule has 1 atom stereocenters. The van der Waals surface area contributed by atoms with E-state index in [4.69, 9.17) is 0 Å². The first kappa shape index (κ1) is 15.9. The predicted octanol–water partition coefficient (Wildman–Crippen LogP) is 0.358. The van der Waals surface area contributed by atoms with Crippen LogP contribution in [0.3, 0.4) is 0 Å². The lowest BCUT2D eigenvalue weighted by molar-refractivity contribution is -0.131. The number of nitrogens with zero attached hydrogens (tertiary/aromatic N) is 1. The number of carbonyl (C=O) groups is 2. The summed E-state index contributed by atoms with van der Waals surface area (Å²) in [7, 11) is 1.75. The van der Waals surface area contributed by atoms with Gasteiger partial charge in [-0.15, -0.1) is 0 Å². The van der Waals surface area contributed by atoms with Crippen molar-refractivity contribution in [2.75, 3.05) is 20.1 Å². The number of hydrogen-bond donors (Lipinski definition) is 2. The van der Waals surface area contributed by atoms with Gasteiger partial charge in [0, 0.05) is 19.1 Å². The van der Waals surface area contributed by atoms with Gasteiger partial charge in [-0.3, -0.25) is 14.9 Å². The zero-order chi connectivity index (χ0) is 13.6. The van der Waals surface area contributed by atoms with E-state index in [9.17, 15) is 9.59 Å². The van der Waals surface area contributed by atoms with Gasteiger partial charge < -0.3 is 10.2 Å². The SMILES string of the molecule is CCN(C)C(=O)C(C)NCC(=O)NC(C)(C)C. The fourth-order valence-corrected chi connectivity index (χ4v) is 1.28. The Morgan fingerprint density at radius 2 is 1.82 bits per heavy atom. The molecule has 0 aromatic heterocycles. The van der Waals surface area contributed by atoms with Crippen LogP contribution in [0, 0.1) is 0 Å². The second-order valence-corrected chi connectivity index (χ2v) is 5.25. The maximum atomic E-state index is 11.7. The van der Waals surface area contributed by atoms with Gasteiger partial charge in [0.1, 0.15) is 0 Å². The van der Waals surface area contributed by atoms with E-state index in [1.807, 2.05) is 27.7 Å². The van der Waals surface area contributed by atoms with E-state index in [0.29, 0.717) is 6.54 Å². The largest absolute Gasteiger partial charge is 0.350 e. The second-order valence-electron chi connectivity index (χ2n) is 5.25. The minimum absolute atomic E-state index is 0.00365. The molecule has 100 valence electrons. The Kier molecular flexibility index (Phi) is 6.16. The number of hydrogen-bond acceptors (Lipinski definition) is 3. The second kappa shape index (κ2) is 6.59. The van der Waals surface area contributed by atoms with Crippen molar-refractivity contribution in [1.82, 2.24) is 15.5 Å². The summed E-state index contributed by atoms with van der Waals surface area (Å²) in [5.74, 6) is -0.104. The highest BCUT2D eigenvalue weighted by Gasteiger charge is 2.18. The zero-order valence-corrected chi connectivity index (χ0v) is 11.8. The number of amides is 2. The van der Waals surface area contributed by atoms with Crippen molar-refractivity contribution in [2.24, 2.45) is 0 Å². The van der Waals surface area contributed by atoms with Gasteiger partial charge >= 0.3 is 0 Å². The summed E-state index contributed by atoms with van der Waals surface area (Å²) in [6.45, 7) is 10.3. The third kappa shape index (κ3) is 6.94. The van der Waals surface area contributed by atoms with Gasteiger partial charge in [0.05, 0.1) is 12.6 Å². The van der Waals surface area contributed by atoms with Gasteiger partial charge in [0.2, 0.25) is 11.8 Å². The molecular weight excluding hydrogens is 218 g/mol. The van der Waals surface area contributed by atoms with E-state index in [-0.39, 0.29) is 29.9 Å². The summed E-state index contributed by atoms with van der Waals surface area (Å²) in [6, 6.07) is -0.342. The maximum absolute atomic E-state index is 11.7. The first-order valence-corrected chi connectivity index (χ1v) is 5.96. The summed E-state index contributed by atoms with van der Waals surface area (Å²) in [6.07, 6.45) is 0. The van der Waals surface area contributed by atoms with Crippen LogP contribution in [0.2, 0.25) is 0 Å². The molecule has 0 bridgehead atoms. The fraction of sp³-hybridized carbons (Fsp3) is 0.833. The normalized spacial score (nSPS) is 13.1. The Morgan fingerprint density at radius 1 is 1.29 bits per heavy atom. The van der Waals surface area contributed by atoms with Gasteiger partial charge in [-0.05, 0) is 34.6 Å². The van der Waals surface area contributed by atoms with E-state index in [1.54, 1.807) is 18.9 Å². The van der Waals surface area contributed by atoms with Crippen molar-refractivity contribution >= 4 is 11.8 Å². The van der Waals surface area contributed by atoms with Crippen LogP contribution in [0.15, 0.2) is 0 Å². The standard InChI is InChI=1S/C12H25N3O2/c1-7-15(6)11(17)9(2)13-8-10(16)14-12(3,4)5/h9,13H,7-8H2,1-6H3,(H,14,16). The highest BCUT2D eigenvalue weighted by molar-refractivity contribution is 5.83. The smallest absolute Gasteiger partial charge is 0.239 e. The number of nitrogens with one attached hydrogen (secondary N) is 2. The predicted molar refractivity (Wildman–Crippen MR) is 68.7 cm³/mol. The van der Waals surface area contributed by atoms with Gasteiger partial charge in [-0.2, -0.15) is 0 Å². The third-order valence-corrected chi connectivity index (χ3v) is 2.30. The average molecular weight is 243 g/mol. The van der Waals surface area contributed by atoms with E-state index in [0.717, 1.165) is 0 Å². The molecule has 0 heterocycles. The highest BCUT2D eigenvalue weighted by Crippen LogP contribution is 1.97. The monoisotopic (exact) mass is 243 g/mol. The van der Waals surface area contributed by atoms with Crippen molar-refractivity contribution in [3.05, 3.63) is 0 Å². The molecule has 5 nitrogen and oxygen atoms in total. The van der Waals surface area contributed by atoms with Gasteiger partial charge in [-0.1, -0.05) is 0 Å². The number of rotatable bonds is 5. The Labute approximate surface area is 104 Å². The highest BCUT2D eigenvalue weighted by atomic mass is 16.2. The third-order valence-electron chi connectivity index (χ3n) is 2.30. The van der Waals surface area contributed by atoms with Crippen molar-refractivity contribution in [1.29, 1.82) is 0 Å². The topological polar surface area (TPSA) is 61.4 Å². The quantitative estimate of drug-likeness (QED) is 0.733. The molecule has 0 radical (unpaired) electrons. The van der Waals surface area contributed by atoms with Crippen molar-refractivity contribution < 1.29 is 9.59 Å². The molecule has 2 N–H and O–H groups in total. The molecule has 0 fully saturated rings. The van der Waals surface area contributed by atoms with Crippen LogP contribution in [0.25, 0.3) is 0 Å². The first-order chi connectivity index (χ1) is 7.67. The van der Waals surface area contributed by atoms with Crippen LogP contribution in [-0.4, -0.2) is 48.4 Å². The lowest BCUT2D eigenvalue weighted by Crippen LogP contribution is -2.49. The Balaban J connectivity index is 4.04. The van der Waals surface area contributed by atoms with Crippen LogP contribution in [-0.2, 0) is 9.59 Å². The van der Waals surface area contributed by atoms with Gasteiger partial charge in [0.15, 0.2) is 0 Å². The summed E-state index contributed by atoms with van der Waals surface area (Å²) >= 11 is 0. The van der Waals surface area contributed by atoms with Crippen LogP contribution < -0.4 is 10.6 Å². The van der Waals surface area contributed by atoms with Crippen molar-refractivity contribution in [3.63, 3.8) is 0 Å². The molecule has 0 aromatic carbocycles. The lowest BCUT2D eigenvalue weighted by atomic mass is 10.1. The van der Waals surface area contributed by atoms with Gasteiger partial charge in [0.25, 0.3) is 0 Å². The minimum Gasteiger partial charge on any atom is -0.350 e. The molecule has 0 aliphatic heterocycles. The molecule has 0 rings (SSSR count). The number of likely N-dealkylation sites (N-methyl/N-ethyl adjacent to an activating group) is 1. The van der Waals surface area contributed by atoms with Crippen LogP contribution >= 0.6 is 0 Å². The summed E-state index contributed by atoms with van der Waals surface area (Å²) in [4.78, 5) is 24.9. The molecule has 5 heteroatoms. The minimum atomic E-state index is -0.342. The van der Waals surface area contributed by atoms with Crippen molar-refractivity contribution in [2.45, 2.75) is 46.2 Å². The fourth-order valence-electron chi connectivity index (χ4n) is 1.28. The summed E-state index contributed by atoms with van der Waals surface area (Å²) < 4.78 is 0. The van der Waals surface area contributed by atoms with E-state index < -0.39 is 0 Å². The number of carbonyl (C=O) groups excluding carboxylic acids is 2. The Bertz CT molecular complexity index is 271. The molecular formula is C12H25N3O2. The maximum Gasteiger partial charge on any atom is 0.239 e. The van der Waals surface area contributed by atoms with E-state index >= 15 is 0 Å². The molecule has 0 spiro atoms. The lowest BCUT2D eigenvalue weighted by Gasteiger charge is -2.23. The molecule has 17 heavy (non-hydrogen) atoms. The molecule has 1 unspecified atom stereocenters. The summed E-state index contributed by atoms with van der Waals surface area (Å²) in [5.41, 5.74) is -0.244. The molecule has 2 amide bonds. The molecule has 0 aliphatic carbocycles. The van der Waals surface area contributed by atoms with Crippen molar-refractivity contribution in [3.8, 4) is 0 Å². The Morgan fingerprint density at radius 3 is 2.24 bits per heavy atom. The van der Waals surface area contributed by atoms with Crippen LogP contribution in [0.1, 0.15) is 34.6 Å². The molecule has 0 saturated carbocycles. The van der Waals surface area contributed by atoms with E-state index in [2.05, 4.69) is 10.6 Å². The first-order valence-electron chi connectivity index (χ1n) is 5.96. The molecule has 0 saturated heterocycles. The summed E-state index contributed by atoms with van der Waals surface area (Å²) in [5, 5.41) is 5.75. The Hall–Kier alpha value is -1.10. The van der Waals surface area contributed by atoms with Gasteiger partial charge in [-0.25, -0.2) is 0 Å². The zero-order valence-electron chi connectivity index (χ0n) is 11.8. The van der Waals surface area contributed by atoms with E-state index in [1.165, 1.54) is 0 Å².